The van der Waals surface area contributed by atoms with Crippen LogP contribution in [0.3, 0.4) is 0 Å². The zero-order valence-corrected chi connectivity index (χ0v) is 15.0. The number of carbonyl (C=O) groups excluding carboxylic acids is 1. The van der Waals surface area contributed by atoms with Gasteiger partial charge in [-0.3, -0.25) is 4.79 Å². The molecule has 0 unspecified atom stereocenters. The van der Waals surface area contributed by atoms with Gasteiger partial charge in [0.15, 0.2) is 0 Å². The van der Waals surface area contributed by atoms with Gasteiger partial charge in [-0.2, -0.15) is 0 Å². The fourth-order valence-electron chi connectivity index (χ4n) is 3.53. The highest BCUT2D eigenvalue weighted by Gasteiger charge is 2.31. The van der Waals surface area contributed by atoms with Gasteiger partial charge in [0.05, 0.1) is 10.6 Å². The van der Waals surface area contributed by atoms with Crippen LogP contribution in [-0.2, 0) is 4.79 Å². The monoisotopic (exact) mass is 346 g/mol. The van der Waals surface area contributed by atoms with Crippen LogP contribution in [0.2, 0.25) is 0 Å². The van der Waals surface area contributed by atoms with E-state index < -0.39 is 0 Å². The van der Waals surface area contributed by atoms with Gasteiger partial charge < -0.3 is 16.4 Å². The minimum Gasteiger partial charge on any atom is -0.387 e. The molecule has 5 nitrogen and oxygen atoms in total. The fraction of sp³-hybridized carbons (Fsp3) is 0.556. The SMILES string of the molecule is CCCN(C[C@H]1C[C@@H](CN)C1)C(=O)C1=Cc2sccc2N=C(N)C1. The van der Waals surface area contributed by atoms with Crippen LogP contribution < -0.4 is 11.5 Å². The first-order chi connectivity index (χ1) is 11.6. The average molecular weight is 347 g/mol. The Morgan fingerprint density at radius 1 is 1.42 bits per heavy atom. The number of hydrogen-bond acceptors (Lipinski definition) is 5. The number of hydrogen-bond donors (Lipinski definition) is 2. The van der Waals surface area contributed by atoms with Crippen molar-refractivity contribution in [1.82, 2.24) is 4.90 Å². The van der Waals surface area contributed by atoms with E-state index >= 15 is 0 Å². The van der Waals surface area contributed by atoms with Gasteiger partial charge >= 0.3 is 0 Å². The Balaban J connectivity index is 1.74. The molecule has 0 radical (unpaired) electrons. The number of rotatable bonds is 6. The molecule has 0 bridgehead atoms. The highest BCUT2D eigenvalue weighted by atomic mass is 32.1. The maximum atomic E-state index is 13.1. The van der Waals surface area contributed by atoms with Gasteiger partial charge in [0.2, 0.25) is 5.91 Å². The van der Waals surface area contributed by atoms with E-state index in [1.807, 2.05) is 22.4 Å². The molecule has 1 saturated carbocycles. The Morgan fingerprint density at radius 3 is 2.92 bits per heavy atom. The largest absolute Gasteiger partial charge is 0.387 e. The van der Waals surface area contributed by atoms with E-state index in [1.54, 1.807) is 11.3 Å². The lowest BCUT2D eigenvalue weighted by atomic mass is 9.74. The summed E-state index contributed by atoms with van der Waals surface area (Å²) < 4.78 is 0. The van der Waals surface area contributed by atoms with E-state index in [1.165, 1.54) is 0 Å². The van der Waals surface area contributed by atoms with Crippen molar-refractivity contribution in [2.75, 3.05) is 19.6 Å². The van der Waals surface area contributed by atoms with Crippen molar-refractivity contribution in [2.24, 2.45) is 28.3 Å². The molecule has 4 N–H and O–H groups in total. The van der Waals surface area contributed by atoms with Gasteiger partial charge in [0.1, 0.15) is 5.84 Å². The molecule has 6 heteroatoms. The molecule has 1 aromatic rings. The summed E-state index contributed by atoms with van der Waals surface area (Å²) in [4.78, 5) is 20.5. The van der Waals surface area contributed by atoms with Crippen molar-refractivity contribution in [2.45, 2.75) is 32.6 Å². The van der Waals surface area contributed by atoms with Crippen molar-refractivity contribution in [3.05, 3.63) is 21.9 Å². The van der Waals surface area contributed by atoms with Crippen LogP contribution in [0.4, 0.5) is 5.69 Å². The number of fused-ring (bicyclic) bond motifs is 1. The molecule has 1 aliphatic heterocycles. The van der Waals surface area contributed by atoms with Gasteiger partial charge in [-0.05, 0) is 55.2 Å². The Hall–Kier alpha value is -1.66. The van der Waals surface area contributed by atoms with Crippen molar-refractivity contribution in [3.8, 4) is 0 Å². The maximum Gasteiger partial charge on any atom is 0.250 e. The van der Waals surface area contributed by atoms with Gasteiger partial charge in [-0.25, -0.2) is 4.99 Å². The summed E-state index contributed by atoms with van der Waals surface area (Å²) in [5, 5.41) is 1.98. The van der Waals surface area contributed by atoms with Gasteiger partial charge in [-0.15, -0.1) is 11.3 Å². The van der Waals surface area contributed by atoms with Crippen LogP contribution in [0.1, 0.15) is 37.5 Å². The number of nitrogens with zero attached hydrogens (tertiary/aromatic N) is 2. The van der Waals surface area contributed by atoms with Crippen LogP contribution in [0.5, 0.6) is 0 Å². The Labute approximate surface area is 147 Å². The molecule has 1 fully saturated rings. The van der Waals surface area contributed by atoms with Crippen LogP contribution in [-0.4, -0.2) is 36.3 Å². The summed E-state index contributed by atoms with van der Waals surface area (Å²) >= 11 is 1.60. The molecule has 1 aliphatic carbocycles. The summed E-state index contributed by atoms with van der Waals surface area (Å²) in [5.41, 5.74) is 13.3. The van der Waals surface area contributed by atoms with E-state index in [0.717, 1.165) is 55.0 Å². The third-order valence-corrected chi connectivity index (χ3v) is 5.67. The molecule has 130 valence electrons. The second kappa shape index (κ2) is 7.49. The molecular formula is C18H26N4OS. The van der Waals surface area contributed by atoms with E-state index in [-0.39, 0.29) is 5.91 Å². The van der Waals surface area contributed by atoms with Crippen LogP contribution in [0.25, 0.3) is 6.08 Å². The lowest BCUT2D eigenvalue weighted by molar-refractivity contribution is -0.128. The first-order valence-corrected chi connectivity index (χ1v) is 9.59. The molecule has 0 spiro atoms. The van der Waals surface area contributed by atoms with Crippen molar-refractivity contribution < 1.29 is 4.79 Å². The lowest BCUT2D eigenvalue weighted by Gasteiger charge is -2.38. The number of carbonyl (C=O) groups is 1. The average Bonchev–Trinajstić information content (AvgIpc) is 2.88. The number of amides is 1. The third-order valence-electron chi connectivity index (χ3n) is 4.82. The highest BCUT2D eigenvalue weighted by molar-refractivity contribution is 7.11. The fourth-order valence-corrected chi connectivity index (χ4v) is 4.31. The molecule has 1 amide bonds. The Bertz CT molecular complexity index is 658. The topological polar surface area (TPSA) is 84.7 Å². The molecule has 2 heterocycles. The van der Waals surface area contributed by atoms with E-state index in [2.05, 4.69) is 11.9 Å². The number of amidine groups is 1. The Kier molecular flexibility index (Phi) is 5.36. The molecular weight excluding hydrogens is 320 g/mol. The molecule has 0 atom stereocenters. The van der Waals surface area contributed by atoms with E-state index in [9.17, 15) is 4.79 Å². The normalized spacial score (nSPS) is 22.8. The lowest BCUT2D eigenvalue weighted by Crippen LogP contribution is -2.42. The van der Waals surface area contributed by atoms with Crippen molar-refractivity contribution in [1.29, 1.82) is 0 Å². The summed E-state index contributed by atoms with van der Waals surface area (Å²) in [5.74, 6) is 1.84. The minimum absolute atomic E-state index is 0.104. The third kappa shape index (κ3) is 3.70. The minimum atomic E-state index is 0.104. The summed E-state index contributed by atoms with van der Waals surface area (Å²) in [6.45, 7) is 4.49. The molecule has 0 saturated heterocycles. The number of thiophene rings is 1. The Morgan fingerprint density at radius 2 is 2.21 bits per heavy atom. The quantitative estimate of drug-likeness (QED) is 0.830. The molecule has 3 rings (SSSR count). The number of nitrogens with two attached hydrogens (primary N) is 2. The second-order valence-electron chi connectivity index (χ2n) is 6.81. The zero-order chi connectivity index (χ0) is 17.1. The standard InChI is InChI=1S/C18H26N4OS/c1-2-4-22(11-13-6-12(7-13)10-19)18(23)14-8-16-15(3-5-24-16)21-17(20)9-14/h3,5,8,12-13H,2,4,6-7,9-11,19H2,1H3,(H2,20,21)/t12-,13+. The zero-order valence-electron chi connectivity index (χ0n) is 14.2. The van der Waals surface area contributed by atoms with Crippen LogP contribution >= 0.6 is 11.3 Å². The molecule has 24 heavy (non-hydrogen) atoms. The van der Waals surface area contributed by atoms with Gasteiger partial charge in [0, 0.05) is 25.1 Å². The summed E-state index contributed by atoms with van der Waals surface area (Å²) in [6, 6.07) is 1.95. The van der Waals surface area contributed by atoms with Gasteiger partial charge in [0.25, 0.3) is 0 Å². The van der Waals surface area contributed by atoms with Gasteiger partial charge in [-0.1, -0.05) is 6.92 Å². The van der Waals surface area contributed by atoms with Crippen molar-refractivity contribution >= 4 is 34.8 Å². The maximum absolute atomic E-state index is 13.1. The molecule has 0 aromatic carbocycles. The second-order valence-corrected chi connectivity index (χ2v) is 7.76. The molecule has 1 aromatic heterocycles. The van der Waals surface area contributed by atoms with Crippen LogP contribution in [0, 0.1) is 11.8 Å². The first kappa shape index (κ1) is 17.2. The van der Waals surface area contributed by atoms with Crippen molar-refractivity contribution in [3.63, 3.8) is 0 Å². The first-order valence-electron chi connectivity index (χ1n) is 8.71. The number of aliphatic imine (C=N–C) groups is 1. The van der Waals surface area contributed by atoms with E-state index in [4.69, 9.17) is 11.5 Å². The predicted octanol–water partition coefficient (Wildman–Crippen LogP) is 2.75. The predicted molar refractivity (Wildman–Crippen MR) is 100 cm³/mol. The van der Waals surface area contributed by atoms with E-state index in [0.29, 0.717) is 24.1 Å². The molecule has 2 aliphatic rings. The summed E-state index contributed by atoms with van der Waals surface area (Å²) in [6.07, 6.45) is 5.64. The summed E-state index contributed by atoms with van der Waals surface area (Å²) in [7, 11) is 0. The highest BCUT2D eigenvalue weighted by Crippen LogP contribution is 2.35. The smallest absolute Gasteiger partial charge is 0.250 e. The van der Waals surface area contributed by atoms with Crippen LogP contribution in [0.15, 0.2) is 22.0 Å².